The molecule has 1 aliphatic rings. The van der Waals surface area contributed by atoms with Crippen molar-refractivity contribution in [1.82, 2.24) is 0 Å². The fourth-order valence-corrected chi connectivity index (χ4v) is 4.15. The summed E-state index contributed by atoms with van der Waals surface area (Å²) in [6.07, 6.45) is 1.60. The van der Waals surface area contributed by atoms with Gasteiger partial charge in [0.1, 0.15) is 5.75 Å². The Morgan fingerprint density at radius 3 is 2.47 bits per heavy atom. The summed E-state index contributed by atoms with van der Waals surface area (Å²) in [7, 11) is 0. The van der Waals surface area contributed by atoms with Crippen LogP contribution in [0.4, 0.5) is 5.69 Å². The quantitative estimate of drug-likeness (QED) is 0.346. The van der Waals surface area contributed by atoms with Crippen molar-refractivity contribution in [3.05, 3.63) is 62.5 Å². The van der Waals surface area contributed by atoms with E-state index in [2.05, 4.69) is 20.9 Å². The van der Waals surface area contributed by atoms with E-state index in [4.69, 9.17) is 4.74 Å². The molecule has 6 nitrogen and oxygen atoms in total. The maximum absolute atomic E-state index is 12.6. The minimum absolute atomic E-state index is 0.249. The monoisotopic (exact) mass is 486 g/mol. The second-order valence-corrected chi connectivity index (χ2v) is 8.63. The number of halogens is 1. The summed E-state index contributed by atoms with van der Waals surface area (Å²) in [6, 6.07) is 10.8. The van der Waals surface area contributed by atoms with E-state index in [1.54, 1.807) is 24.3 Å². The number of carbonyl (C=O) groups is 3. The first kappa shape index (κ1) is 22.0. The van der Waals surface area contributed by atoms with E-state index in [1.165, 1.54) is 18.7 Å². The highest BCUT2D eigenvalue weighted by molar-refractivity contribution is 9.10. The minimum Gasteiger partial charge on any atom is -0.426 e. The number of aryl methyl sites for hydroxylation is 2. The Morgan fingerprint density at radius 1 is 1.10 bits per heavy atom. The second kappa shape index (κ2) is 8.97. The van der Waals surface area contributed by atoms with Crippen molar-refractivity contribution in [2.75, 3.05) is 4.90 Å². The summed E-state index contributed by atoms with van der Waals surface area (Å²) in [5.41, 5.74) is 3.33. The summed E-state index contributed by atoms with van der Waals surface area (Å²) >= 11 is 4.48. The SMILES string of the molecule is CC(=O)Oc1ccc(Br)cc1C=C1SC(N(C(C)=O)c2ccc(C)c(C)c2)=NC1=O. The molecule has 0 atom stereocenters. The van der Waals surface area contributed by atoms with Gasteiger partial charge in [0.05, 0.1) is 10.6 Å². The lowest BCUT2D eigenvalue weighted by Crippen LogP contribution is -2.32. The number of hydrogen-bond donors (Lipinski definition) is 0. The van der Waals surface area contributed by atoms with Crippen LogP contribution in [0.3, 0.4) is 0 Å². The number of esters is 1. The first-order valence-electron chi connectivity index (χ1n) is 9.04. The number of ether oxygens (including phenoxy) is 1. The van der Waals surface area contributed by atoms with Gasteiger partial charge >= 0.3 is 5.97 Å². The number of carbonyl (C=O) groups excluding carboxylic acids is 3. The molecule has 0 aliphatic carbocycles. The van der Waals surface area contributed by atoms with Gasteiger partial charge in [-0.05, 0) is 73.1 Å². The van der Waals surface area contributed by atoms with E-state index in [0.717, 1.165) is 27.4 Å². The van der Waals surface area contributed by atoms with Crippen molar-refractivity contribution in [3.63, 3.8) is 0 Å². The molecule has 3 rings (SSSR count). The average Bonchev–Trinajstić information content (AvgIpc) is 3.00. The van der Waals surface area contributed by atoms with Crippen molar-refractivity contribution in [2.24, 2.45) is 4.99 Å². The summed E-state index contributed by atoms with van der Waals surface area (Å²) in [5.74, 6) is -0.838. The Balaban J connectivity index is 1.95. The Labute approximate surface area is 187 Å². The molecule has 1 aliphatic heterocycles. The lowest BCUT2D eigenvalue weighted by molar-refractivity contribution is -0.132. The fourth-order valence-electron chi connectivity index (χ4n) is 2.81. The average molecular weight is 487 g/mol. The predicted molar refractivity (Wildman–Crippen MR) is 123 cm³/mol. The molecule has 30 heavy (non-hydrogen) atoms. The lowest BCUT2D eigenvalue weighted by Gasteiger charge is -2.20. The maximum atomic E-state index is 12.6. The topological polar surface area (TPSA) is 76.0 Å². The molecule has 0 bridgehead atoms. The van der Waals surface area contributed by atoms with E-state index in [-0.39, 0.29) is 11.1 Å². The molecule has 2 aromatic carbocycles. The molecule has 0 fully saturated rings. The number of rotatable bonds is 3. The van der Waals surface area contributed by atoms with Gasteiger partial charge in [-0.2, -0.15) is 4.99 Å². The third-order valence-electron chi connectivity index (χ3n) is 4.38. The molecule has 0 saturated heterocycles. The zero-order valence-corrected chi connectivity index (χ0v) is 19.3. The van der Waals surface area contributed by atoms with Gasteiger partial charge in [0.25, 0.3) is 5.91 Å². The second-order valence-electron chi connectivity index (χ2n) is 6.71. The van der Waals surface area contributed by atoms with Crippen LogP contribution in [0.15, 0.2) is 50.8 Å². The molecule has 1 heterocycles. The normalized spacial score (nSPS) is 14.6. The third-order valence-corrected chi connectivity index (χ3v) is 5.84. The van der Waals surface area contributed by atoms with Crippen molar-refractivity contribution in [1.29, 1.82) is 0 Å². The number of thioether (sulfide) groups is 1. The summed E-state index contributed by atoms with van der Waals surface area (Å²) < 4.78 is 5.99. The number of anilines is 1. The molecule has 0 spiro atoms. The number of aliphatic imine (C=N–C) groups is 1. The molecule has 0 N–H and O–H groups in total. The molecule has 2 amide bonds. The van der Waals surface area contributed by atoms with Gasteiger partial charge in [-0.15, -0.1) is 0 Å². The summed E-state index contributed by atoms with van der Waals surface area (Å²) in [5, 5.41) is 0.283. The van der Waals surface area contributed by atoms with Crippen LogP contribution < -0.4 is 9.64 Å². The highest BCUT2D eigenvalue weighted by Crippen LogP contribution is 2.35. The highest BCUT2D eigenvalue weighted by Gasteiger charge is 2.29. The van der Waals surface area contributed by atoms with Crippen molar-refractivity contribution in [2.45, 2.75) is 27.7 Å². The Morgan fingerprint density at radius 2 is 1.83 bits per heavy atom. The third kappa shape index (κ3) is 4.88. The van der Waals surface area contributed by atoms with E-state index < -0.39 is 11.9 Å². The van der Waals surface area contributed by atoms with Crippen LogP contribution in [-0.2, 0) is 14.4 Å². The van der Waals surface area contributed by atoms with Gasteiger partial charge < -0.3 is 4.74 Å². The molecule has 0 aromatic heterocycles. The van der Waals surface area contributed by atoms with Crippen LogP contribution in [-0.4, -0.2) is 23.0 Å². The van der Waals surface area contributed by atoms with Gasteiger partial charge in [0, 0.05) is 23.9 Å². The van der Waals surface area contributed by atoms with E-state index in [0.29, 0.717) is 21.9 Å². The van der Waals surface area contributed by atoms with Crippen molar-refractivity contribution >= 4 is 62.4 Å². The van der Waals surface area contributed by atoms with Crippen molar-refractivity contribution in [3.8, 4) is 5.75 Å². The largest absolute Gasteiger partial charge is 0.426 e. The van der Waals surface area contributed by atoms with Gasteiger partial charge in [-0.1, -0.05) is 22.0 Å². The standard InChI is InChI=1S/C22H19BrN2O4S/c1-12-5-7-18(9-13(12)2)25(14(3)26)22-24-21(28)20(30-22)11-16-10-17(23)6-8-19(16)29-15(4)27/h5-11H,1-4H3. The molecular weight excluding hydrogens is 468 g/mol. The molecule has 2 aromatic rings. The number of nitrogens with zero attached hydrogens (tertiary/aromatic N) is 2. The summed E-state index contributed by atoms with van der Waals surface area (Å²) in [6.45, 7) is 6.69. The molecule has 0 radical (unpaired) electrons. The molecule has 0 saturated carbocycles. The van der Waals surface area contributed by atoms with Gasteiger partial charge in [0.2, 0.25) is 5.91 Å². The first-order valence-corrected chi connectivity index (χ1v) is 10.6. The zero-order valence-electron chi connectivity index (χ0n) is 16.9. The lowest BCUT2D eigenvalue weighted by atomic mass is 10.1. The number of hydrogen-bond acceptors (Lipinski definition) is 5. The summed E-state index contributed by atoms with van der Waals surface area (Å²) in [4.78, 5) is 42.1. The van der Waals surface area contributed by atoms with Crippen LogP contribution >= 0.6 is 27.7 Å². The van der Waals surface area contributed by atoms with Crippen LogP contribution in [0.25, 0.3) is 6.08 Å². The highest BCUT2D eigenvalue weighted by atomic mass is 79.9. The van der Waals surface area contributed by atoms with Crippen LogP contribution in [0, 0.1) is 13.8 Å². The fraction of sp³-hybridized carbons (Fsp3) is 0.182. The number of benzene rings is 2. The van der Waals surface area contributed by atoms with Gasteiger partial charge in [-0.25, -0.2) is 0 Å². The number of amidine groups is 1. The zero-order chi connectivity index (χ0) is 22.0. The molecular formula is C22H19BrN2O4S. The van der Waals surface area contributed by atoms with Gasteiger partial charge in [0.15, 0.2) is 5.17 Å². The van der Waals surface area contributed by atoms with Gasteiger partial charge in [-0.3, -0.25) is 19.3 Å². The molecule has 8 heteroatoms. The first-order chi connectivity index (χ1) is 14.2. The Bertz CT molecular complexity index is 1120. The Kier molecular flexibility index (Phi) is 6.58. The molecule has 0 unspecified atom stereocenters. The van der Waals surface area contributed by atoms with E-state index >= 15 is 0 Å². The Hall–Kier alpha value is -2.71. The molecule has 154 valence electrons. The van der Waals surface area contributed by atoms with E-state index in [9.17, 15) is 14.4 Å². The van der Waals surface area contributed by atoms with Crippen LogP contribution in [0.2, 0.25) is 0 Å². The van der Waals surface area contributed by atoms with Crippen LogP contribution in [0.5, 0.6) is 5.75 Å². The van der Waals surface area contributed by atoms with Crippen LogP contribution in [0.1, 0.15) is 30.5 Å². The predicted octanol–water partition coefficient (Wildman–Crippen LogP) is 5.01. The smallest absolute Gasteiger partial charge is 0.308 e. The van der Waals surface area contributed by atoms with Crippen molar-refractivity contribution < 1.29 is 19.1 Å². The van der Waals surface area contributed by atoms with E-state index in [1.807, 2.05) is 32.0 Å². The number of amides is 2. The minimum atomic E-state index is -0.461. The maximum Gasteiger partial charge on any atom is 0.308 e.